The third kappa shape index (κ3) is 1.64. The van der Waals surface area contributed by atoms with Crippen molar-refractivity contribution in [1.82, 2.24) is 9.80 Å². The van der Waals surface area contributed by atoms with Gasteiger partial charge in [-0.05, 0) is 38.0 Å². The van der Waals surface area contributed by atoms with Crippen LogP contribution in [0.5, 0.6) is 0 Å². The van der Waals surface area contributed by atoms with Crippen LogP contribution in [-0.2, 0) is 0 Å². The predicted octanol–water partition coefficient (Wildman–Crippen LogP) is 1.93. The van der Waals surface area contributed by atoms with Crippen molar-refractivity contribution in [1.29, 1.82) is 0 Å². The van der Waals surface area contributed by atoms with E-state index < -0.39 is 0 Å². The summed E-state index contributed by atoms with van der Waals surface area (Å²) in [6, 6.07) is 2.30. The van der Waals surface area contributed by atoms with E-state index in [2.05, 4.69) is 42.3 Å². The lowest BCUT2D eigenvalue weighted by Crippen LogP contribution is -2.24. The Morgan fingerprint density at radius 1 is 1.31 bits per heavy atom. The van der Waals surface area contributed by atoms with Gasteiger partial charge in [0.1, 0.15) is 0 Å². The summed E-state index contributed by atoms with van der Waals surface area (Å²) in [4.78, 5) is 6.29. The van der Waals surface area contributed by atoms with Crippen molar-refractivity contribution in [2.45, 2.75) is 13.1 Å². The topological polar surface area (TPSA) is 6.48 Å². The van der Waals surface area contributed by atoms with Crippen molar-refractivity contribution in [3.63, 3.8) is 0 Å². The van der Waals surface area contributed by atoms with E-state index in [1.165, 1.54) is 23.5 Å². The molecule has 0 unspecified atom stereocenters. The van der Waals surface area contributed by atoms with E-state index in [1.54, 1.807) is 0 Å². The molecule has 13 heavy (non-hydrogen) atoms. The molecule has 1 fully saturated rings. The Balaban J connectivity index is 2.24. The molecule has 2 nitrogen and oxygen atoms in total. The Kier molecular flexibility index (Phi) is 2.41. The number of rotatable bonds is 1. The Morgan fingerprint density at radius 2 is 1.92 bits per heavy atom. The van der Waals surface area contributed by atoms with Gasteiger partial charge in [-0.1, -0.05) is 0 Å². The van der Waals surface area contributed by atoms with Crippen molar-refractivity contribution in [3.8, 4) is 0 Å². The summed E-state index contributed by atoms with van der Waals surface area (Å²) in [5.74, 6) is 0. The lowest BCUT2D eigenvalue weighted by molar-refractivity contribution is 0.194. The fraction of sp³-hybridized carbons (Fsp3) is 0.600. The molecule has 0 atom stereocenters. The zero-order chi connectivity index (χ0) is 9.42. The van der Waals surface area contributed by atoms with Crippen LogP contribution in [0.4, 0.5) is 0 Å². The number of nitrogens with zero attached hydrogens (tertiary/aromatic N) is 2. The van der Waals surface area contributed by atoms with Crippen LogP contribution in [0, 0.1) is 6.92 Å². The Labute approximate surface area is 83.8 Å². The molecule has 0 N–H and O–H groups in total. The third-order valence-corrected chi connectivity index (χ3v) is 3.74. The average molecular weight is 196 g/mol. The van der Waals surface area contributed by atoms with Gasteiger partial charge in [0, 0.05) is 18.0 Å². The Hall–Kier alpha value is -0.380. The van der Waals surface area contributed by atoms with Crippen LogP contribution in [0.3, 0.4) is 0 Å². The van der Waals surface area contributed by atoms with Gasteiger partial charge >= 0.3 is 0 Å². The van der Waals surface area contributed by atoms with Crippen molar-refractivity contribution in [3.05, 3.63) is 21.9 Å². The lowest BCUT2D eigenvalue weighted by Gasteiger charge is -2.23. The minimum atomic E-state index is 0.513. The van der Waals surface area contributed by atoms with E-state index in [4.69, 9.17) is 0 Å². The highest BCUT2D eigenvalue weighted by Crippen LogP contribution is 2.31. The summed E-state index contributed by atoms with van der Waals surface area (Å²) >= 11 is 1.87. The largest absolute Gasteiger partial charge is 0.285 e. The van der Waals surface area contributed by atoms with Crippen LogP contribution in [-0.4, -0.2) is 37.0 Å². The van der Waals surface area contributed by atoms with Crippen LogP contribution in [0.2, 0.25) is 0 Å². The van der Waals surface area contributed by atoms with E-state index in [1.807, 2.05) is 11.3 Å². The molecule has 0 aromatic carbocycles. The van der Waals surface area contributed by atoms with Gasteiger partial charge in [-0.25, -0.2) is 0 Å². The Bertz CT molecular complexity index is 285. The maximum absolute atomic E-state index is 2.41. The van der Waals surface area contributed by atoms with E-state index >= 15 is 0 Å². The molecule has 1 aromatic rings. The molecule has 0 amide bonds. The minimum absolute atomic E-state index is 0.513. The number of hydrogen-bond acceptors (Lipinski definition) is 3. The molecule has 1 aliphatic rings. The molecule has 1 aliphatic heterocycles. The number of likely N-dealkylation sites (N-methyl/N-ethyl adjacent to an activating group) is 2. The molecule has 3 heteroatoms. The first-order valence-corrected chi connectivity index (χ1v) is 5.52. The maximum atomic E-state index is 2.41. The summed E-state index contributed by atoms with van der Waals surface area (Å²) in [6.07, 6.45) is 0.513. The molecule has 0 saturated carbocycles. The van der Waals surface area contributed by atoms with Crippen LogP contribution < -0.4 is 0 Å². The highest BCUT2D eigenvalue weighted by molar-refractivity contribution is 7.10. The zero-order valence-electron chi connectivity index (χ0n) is 8.45. The van der Waals surface area contributed by atoms with Gasteiger partial charge in [-0.15, -0.1) is 11.3 Å². The summed E-state index contributed by atoms with van der Waals surface area (Å²) in [7, 11) is 4.40. The molecule has 0 aliphatic carbocycles. The van der Waals surface area contributed by atoms with Crippen LogP contribution in [0.1, 0.15) is 16.6 Å². The van der Waals surface area contributed by atoms with Crippen molar-refractivity contribution < 1.29 is 0 Å². The third-order valence-electron chi connectivity index (χ3n) is 2.65. The number of aryl methyl sites for hydroxylation is 1. The van der Waals surface area contributed by atoms with E-state index in [0.717, 1.165) is 0 Å². The molecular weight excluding hydrogens is 180 g/mol. The normalized spacial score (nSPS) is 21.5. The predicted molar refractivity (Wildman–Crippen MR) is 57.1 cm³/mol. The fourth-order valence-electron chi connectivity index (χ4n) is 1.92. The van der Waals surface area contributed by atoms with Gasteiger partial charge in [0.15, 0.2) is 0 Å². The zero-order valence-corrected chi connectivity index (χ0v) is 9.27. The SMILES string of the molecule is Cc1csc(C2N(C)CCN2C)c1. The second kappa shape index (κ2) is 3.40. The first-order chi connectivity index (χ1) is 6.18. The van der Waals surface area contributed by atoms with Gasteiger partial charge in [-0.3, -0.25) is 9.80 Å². The molecule has 0 radical (unpaired) electrons. The maximum Gasteiger partial charge on any atom is 0.0976 e. The van der Waals surface area contributed by atoms with Crippen LogP contribution in [0.15, 0.2) is 11.4 Å². The molecule has 72 valence electrons. The van der Waals surface area contributed by atoms with Crippen LogP contribution >= 0.6 is 11.3 Å². The monoisotopic (exact) mass is 196 g/mol. The smallest absolute Gasteiger partial charge is 0.0976 e. The quantitative estimate of drug-likeness (QED) is 0.677. The minimum Gasteiger partial charge on any atom is -0.285 e. The summed E-state index contributed by atoms with van der Waals surface area (Å²) < 4.78 is 0. The highest BCUT2D eigenvalue weighted by atomic mass is 32.1. The Morgan fingerprint density at radius 3 is 2.38 bits per heavy atom. The number of thiophene rings is 1. The lowest BCUT2D eigenvalue weighted by atomic mass is 10.3. The molecule has 0 bridgehead atoms. The van der Waals surface area contributed by atoms with Crippen molar-refractivity contribution in [2.75, 3.05) is 27.2 Å². The van der Waals surface area contributed by atoms with E-state index in [0.29, 0.717) is 6.17 Å². The van der Waals surface area contributed by atoms with Crippen molar-refractivity contribution >= 4 is 11.3 Å². The molecular formula is C10H16N2S. The van der Waals surface area contributed by atoms with Gasteiger partial charge < -0.3 is 0 Å². The fourth-order valence-corrected chi connectivity index (χ4v) is 3.05. The summed E-state index contributed by atoms with van der Waals surface area (Å²) in [6.45, 7) is 4.52. The average Bonchev–Trinajstić information content (AvgIpc) is 2.60. The summed E-state index contributed by atoms with van der Waals surface area (Å²) in [5, 5.41) is 2.23. The molecule has 2 rings (SSSR count). The highest BCUT2D eigenvalue weighted by Gasteiger charge is 2.28. The van der Waals surface area contributed by atoms with Gasteiger partial charge in [0.2, 0.25) is 0 Å². The molecule has 2 heterocycles. The second-order valence-corrected chi connectivity index (χ2v) is 4.80. The molecule has 0 spiro atoms. The van der Waals surface area contributed by atoms with E-state index in [-0.39, 0.29) is 0 Å². The first-order valence-electron chi connectivity index (χ1n) is 4.64. The van der Waals surface area contributed by atoms with Gasteiger partial charge in [-0.2, -0.15) is 0 Å². The number of hydrogen-bond donors (Lipinski definition) is 0. The van der Waals surface area contributed by atoms with Gasteiger partial charge in [0.25, 0.3) is 0 Å². The molecule has 1 aromatic heterocycles. The van der Waals surface area contributed by atoms with E-state index in [9.17, 15) is 0 Å². The standard InChI is InChI=1S/C10H16N2S/c1-8-6-9(13-7-8)10-11(2)4-5-12(10)3/h6-7,10H,4-5H2,1-3H3. The second-order valence-electron chi connectivity index (χ2n) is 3.86. The first kappa shape index (κ1) is 9.19. The molecule has 1 saturated heterocycles. The van der Waals surface area contributed by atoms with Crippen LogP contribution in [0.25, 0.3) is 0 Å². The van der Waals surface area contributed by atoms with Crippen molar-refractivity contribution in [2.24, 2.45) is 0 Å². The summed E-state index contributed by atoms with van der Waals surface area (Å²) in [5.41, 5.74) is 1.38. The van der Waals surface area contributed by atoms with Gasteiger partial charge in [0.05, 0.1) is 6.17 Å².